The molecule has 8 nitrogen and oxygen atoms in total. The molecule has 0 spiro atoms. The zero-order valence-corrected chi connectivity index (χ0v) is 18.9. The molecule has 0 atom stereocenters. The molecule has 1 aromatic carbocycles. The second-order valence-electron chi connectivity index (χ2n) is 8.26. The maximum Gasteiger partial charge on any atom is 0.181 e. The van der Waals surface area contributed by atoms with Crippen LogP contribution in [0.4, 0.5) is 5.82 Å². The van der Waals surface area contributed by atoms with Crippen LogP contribution in [0.15, 0.2) is 67.3 Å². The SMILES string of the molecule is N#Cc1cncc(-c2cnc(N3CCOCC3)c3nc(C=Cc4ccc5ccccc5n4)cn23)c1. The fraction of sp³-hybridized carbons (Fsp3) is 0.148. The Kier molecular flexibility index (Phi) is 5.37. The summed E-state index contributed by atoms with van der Waals surface area (Å²) in [5.74, 6) is 0.810. The van der Waals surface area contributed by atoms with E-state index in [0.717, 1.165) is 58.1 Å². The van der Waals surface area contributed by atoms with Crippen LogP contribution in [-0.2, 0) is 4.74 Å². The van der Waals surface area contributed by atoms with Gasteiger partial charge in [0.25, 0.3) is 0 Å². The molecule has 0 aliphatic carbocycles. The number of fused-ring (bicyclic) bond motifs is 2. The standard InChI is InChI=1S/C27H21N7O/c28-14-19-13-21(16-29-15-19)25-17-30-26(33-9-11-35-12-10-33)27-32-23(18-34(25)27)8-7-22-6-5-20-3-1-2-4-24(20)31-22/h1-8,13,15-18H,9-12H2. The highest BCUT2D eigenvalue weighted by molar-refractivity contribution is 5.81. The molecule has 0 radical (unpaired) electrons. The van der Waals surface area contributed by atoms with Crippen LogP contribution in [0, 0.1) is 11.3 Å². The molecule has 1 fully saturated rings. The Labute approximate surface area is 201 Å². The van der Waals surface area contributed by atoms with E-state index >= 15 is 0 Å². The lowest BCUT2D eigenvalue weighted by molar-refractivity contribution is 0.122. The van der Waals surface area contributed by atoms with Gasteiger partial charge in [-0.2, -0.15) is 5.26 Å². The van der Waals surface area contributed by atoms with Gasteiger partial charge in [0.15, 0.2) is 11.5 Å². The number of hydrogen-bond donors (Lipinski definition) is 0. The number of nitriles is 1. The van der Waals surface area contributed by atoms with Gasteiger partial charge in [0, 0.05) is 42.6 Å². The molecule has 1 aliphatic rings. The quantitative estimate of drug-likeness (QED) is 0.397. The monoisotopic (exact) mass is 459 g/mol. The van der Waals surface area contributed by atoms with Gasteiger partial charge >= 0.3 is 0 Å². The molecule has 0 saturated carbocycles. The average Bonchev–Trinajstić information content (AvgIpc) is 3.36. The van der Waals surface area contributed by atoms with Crippen molar-refractivity contribution < 1.29 is 4.74 Å². The number of para-hydroxylation sites is 1. The van der Waals surface area contributed by atoms with Crippen molar-refractivity contribution in [2.75, 3.05) is 31.2 Å². The fourth-order valence-electron chi connectivity index (χ4n) is 4.26. The summed E-state index contributed by atoms with van der Waals surface area (Å²) in [5, 5.41) is 10.4. The van der Waals surface area contributed by atoms with Gasteiger partial charge in [-0.05, 0) is 30.4 Å². The Hall–Kier alpha value is -4.61. The molecule has 1 aliphatic heterocycles. The third-order valence-electron chi connectivity index (χ3n) is 6.01. The number of pyridine rings is 2. The van der Waals surface area contributed by atoms with Gasteiger partial charge in [0.05, 0.1) is 47.6 Å². The van der Waals surface area contributed by atoms with Crippen LogP contribution in [0.3, 0.4) is 0 Å². The first kappa shape index (κ1) is 21.0. The molecule has 0 bridgehead atoms. The molecule has 170 valence electrons. The van der Waals surface area contributed by atoms with Crippen LogP contribution in [0.25, 0.3) is 40.0 Å². The summed E-state index contributed by atoms with van der Waals surface area (Å²) in [6.45, 7) is 2.83. The summed E-state index contributed by atoms with van der Waals surface area (Å²) in [7, 11) is 0. The molecule has 4 aromatic heterocycles. The summed E-state index contributed by atoms with van der Waals surface area (Å²) < 4.78 is 7.54. The van der Waals surface area contributed by atoms with Crippen molar-refractivity contribution in [3.05, 3.63) is 84.2 Å². The van der Waals surface area contributed by atoms with Crippen molar-refractivity contribution >= 4 is 34.5 Å². The lowest BCUT2D eigenvalue weighted by atomic mass is 10.1. The Bertz CT molecular complexity index is 1610. The molecule has 1 saturated heterocycles. The number of imidazole rings is 1. The average molecular weight is 460 g/mol. The van der Waals surface area contributed by atoms with Crippen molar-refractivity contribution in [2.45, 2.75) is 0 Å². The first-order valence-electron chi connectivity index (χ1n) is 11.4. The molecule has 0 unspecified atom stereocenters. The molecular formula is C27H21N7O. The molecule has 0 amide bonds. The number of morpholine rings is 1. The molecule has 35 heavy (non-hydrogen) atoms. The predicted molar refractivity (Wildman–Crippen MR) is 135 cm³/mol. The van der Waals surface area contributed by atoms with E-state index in [0.29, 0.717) is 18.8 Å². The Morgan fingerprint density at radius 3 is 2.69 bits per heavy atom. The Balaban J connectivity index is 1.44. The fourth-order valence-corrected chi connectivity index (χ4v) is 4.26. The van der Waals surface area contributed by atoms with Gasteiger partial charge in [-0.25, -0.2) is 15.0 Å². The van der Waals surface area contributed by atoms with E-state index in [1.807, 2.05) is 59.3 Å². The van der Waals surface area contributed by atoms with Gasteiger partial charge in [-0.1, -0.05) is 24.3 Å². The number of rotatable bonds is 4. The zero-order chi connectivity index (χ0) is 23.6. The molecule has 6 rings (SSSR count). The van der Waals surface area contributed by atoms with Crippen LogP contribution < -0.4 is 4.90 Å². The van der Waals surface area contributed by atoms with E-state index in [2.05, 4.69) is 28.1 Å². The highest BCUT2D eigenvalue weighted by Gasteiger charge is 2.19. The Morgan fingerprint density at radius 1 is 0.943 bits per heavy atom. The molecule has 0 N–H and O–H groups in total. The topological polar surface area (TPSA) is 92.2 Å². The van der Waals surface area contributed by atoms with E-state index in [1.165, 1.54) is 0 Å². The highest BCUT2D eigenvalue weighted by atomic mass is 16.5. The molecule has 5 heterocycles. The van der Waals surface area contributed by atoms with E-state index in [-0.39, 0.29) is 0 Å². The number of aromatic nitrogens is 5. The second-order valence-corrected chi connectivity index (χ2v) is 8.26. The first-order valence-corrected chi connectivity index (χ1v) is 11.4. The van der Waals surface area contributed by atoms with Crippen molar-refractivity contribution in [1.29, 1.82) is 5.26 Å². The maximum atomic E-state index is 9.33. The van der Waals surface area contributed by atoms with E-state index in [1.54, 1.807) is 12.4 Å². The summed E-state index contributed by atoms with van der Waals surface area (Å²) in [6.07, 6.45) is 11.0. The minimum atomic E-state index is 0.496. The summed E-state index contributed by atoms with van der Waals surface area (Å²) >= 11 is 0. The van der Waals surface area contributed by atoms with Gasteiger partial charge in [0.2, 0.25) is 0 Å². The third kappa shape index (κ3) is 4.09. The largest absolute Gasteiger partial charge is 0.378 e. The number of ether oxygens (including phenoxy) is 1. The van der Waals surface area contributed by atoms with Crippen LogP contribution in [0.1, 0.15) is 17.0 Å². The van der Waals surface area contributed by atoms with Gasteiger partial charge in [-0.3, -0.25) is 9.38 Å². The maximum absolute atomic E-state index is 9.33. The van der Waals surface area contributed by atoms with Crippen LogP contribution in [-0.4, -0.2) is 50.6 Å². The zero-order valence-electron chi connectivity index (χ0n) is 18.9. The number of anilines is 1. The van der Waals surface area contributed by atoms with Crippen molar-refractivity contribution in [3.8, 4) is 17.3 Å². The minimum absolute atomic E-state index is 0.496. The van der Waals surface area contributed by atoms with Crippen LogP contribution in [0.2, 0.25) is 0 Å². The smallest absolute Gasteiger partial charge is 0.181 e. The van der Waals surface area contributed by atoms with Gasteiger partial charge < -0.3 is 9.64 Å². The summed E-state index contributed by atoms with van der Waals surface area (Å²) in [4.78, 5) is 20.8. The Morgan fingerprint density at radius 2 is 1.80 bits per heavy atom. The number of nitrogens with zero attached hydrogens (tertiary/aromatic N) is 7. The number of benzene rings is 1. The summed E-state index contributed by atoms with van der Waals surface area (Å²) in [6, 6.07) is 16.1. The predicted octanol–water partition coefficient (Wildman–Crippen LogP) is 4.22. The first-order chi connectivity index (χ1) is 17.3. The van der Waals surface area contributed by atoms with E-state index in [4.69, 9.17) is 19.7 Å². The molecule has 8 heteroatoms. The van der Waals surface area contributed by atoms with Crippen LogP contribution >= 0.6 is 0 Å². The lowest BCUT2D eigenvalue weighted by Gasteiger charge is -2.28. The minimum Gasteiger partial charge on any atom is -0.378 e. The van der Waals surface area contributed by atoms with Crippen molar-refractivity contribution in [1.82, 2.24) is 24.3 Å². The van der Waals surface area contributed by atoms with Gasteiger partial charge in [-0.15, -0.1) is 0 Å². The van der Waals surface area contributed by atoms with E-state index in [9.17, 15) is 5.26 Å². The third-order valence-corrected chi connectivity index (χ3v) is 6.01. The van der Waals surface area contributed by atoms with Crippen molar-refractivity contribution in [3.63, 3.8) is 0 Å². The highest BCUT2D eigenvalue weighted by Crippen LogP contribution is 2.27. The number of hydrogen-bond acceptors (Lipinski definition) is 7. The normalized spacial score (nSPS) is 14.1. The second kappa shape index (κ2) is 8.97. The molecule has 5 aromatic rings. The van der Waals surface area contributed by atoms with Gasteiger partial charge in [0.1, 0.15) is 6.07 Å². The van der Waals surface area contributed by atoms with Crippen LogP contribution in [0.5, 0.6) is 0 Å². The lowest BCUT2D eigenvalue weighted by Crippen LogP contribution is -2.37. The van der Waals surface area contributed by atoms with Crippen molar-refractivity contribution in [2.24, 2.45) is 0 Å². The summed E-state index contributed by atoms with van der Waals surface area (Å²) in [5.41, 5.74) is 5.47. The van der Waals surface area contributed by atoms with E-state index < -0.39 is 0 Å². The molecular weight excluding hydrogens is 438 g/mol.